The van der Waals surface area contributed by atoms with Crippen LogP contribution < -0.4 is 10.6 Å². The molecule has 1 unspecified atom stereocenters. The third-order valence-corrected chi connectivity index (χ3v) is 3.72. The molecule has 1 amide bonds. The van der Waals surface area contributed by atoms with E-state index in [9.17, 15) is 9.59 Å². The van der Waals surface area contributed by atoms with Gasteiger partial charge in [-0.05, 0) is 28.8 Å². The van der Waals surface area contributed by atoms with E-state index in [2.05, 4.69) is 10.6 Å². The van der Waals surface area contributed by atoms with Crippen LogP contribution in [0.25, 0.3) is 10.8 Å². The van der Waals surface area contributed by atoms with Gasteiger partial charge < -0.3 is 15.7 Å². The third kappa shape index (κ3) is 4.58. The Hall–Kier alpha value is -3.33. The number of rotatable bonds is 6. The molecule has 0 bridgehead atoms. The number of fused-ring (bicyclic) bond motifs is 1. The van der Waals surface area contributed by atoms with Crippen molar-refractivity contribution in [3.63, 3.8) is 0 Å². The van der Waals surface area contributed by atoms with Crippen LogP contribution in [0.4, 0.5) is 5.69 Å². The largest absolute Gasteiger partial charge is 0.480 e. The van der Waals surface area contributed by atoms with Gasteiger partial charge in [0, 0.05) is 11.9 Å². The number of carboxylic acid groups (broad SMARTS) is 1. The first-order valence-electron chi connectivity index (χ1n) is 7.81. The van der Waals surface area contributed by atoms with Crippen LogP contribution in [-0.4, -0.2) is 23.0 Å². The summed E-state index contributed by atoms with van der Waals surface area (Å²) in [6.45, 7) is 3.37. The van der Waals surface area contributed by atoms with E-state index < -0.39 is 17.9 Å². The minimum atomic E-state index is -1.14. The second-order valence-corrected chi connectivity index (χ2v) is 5.91. The predicted octanol–water partition coefficient (Wildman–Crippen LogP) is 2.88. The number of carbonyl (C=O) groups is 2. The van der Waals surface area contributed by atoms with Gasteiger partial charge in [-0.15, -0.1) is 0 Å². The molecule has 0 spiro atoms. The Kier molecular flexibility index (Phi) is 5.75. The molecular formula is C19H19N3O3. The Morgan fingerprint density at radius 1 is 1.16 bits per heavy atom. The van der Waals surface area contributed by atoms with Gasteiger partial charge in [0.2, 0.25) is 0 Å². The van der Waals surface area contributed by atoms with Crippen molar-refractivity contribution in [2.45, 2.75) is 19.9 Å². The fourth-order valence-electron chi connectivity index (χ4n) is 2.32. The topological polar surface area (TPSA) is 102 Å². The SMILES string of the molecule is CC(C)C(NC(=O)/C(C#N)=C\Nc1ccc2ccccc2c1)C(=O)O. The summed E-state index contributed by atoms with van der Waals surface area (Å²) in [6.07, 6.45) is 1.28. The second-order valence-electron chi connectivity index (χ2n) is 5.91. The average molecular weight is 337 g/mol. The molecule has 0 aliphatic carbocycles. The van der Waals surface area contributed by atoms with Crippen LogP contribution in [0.1, 0.15) is 13.8 Å². The van der Waals surface area contributed by atoms with E-state index >= 15 is 0 Å². The molecule has 6 nitrogen and oxygen atoms in total. The molecule has 25 heavy (non-hydrogen) atoms. The summed E-state index contributed by atoms with van der Waals surface area (Å²) in [7, 11) is 0. The van der Waals surface area contributed by atoms with Crippen LogP contribution in [0, 0.1) is 17.2 Å². The smallest absolute Gasteiger partial charge is 0.326 e. The van der Waals surface area contributed by atoms with E-state index in [0.29, 0.717) is 0 Å². The lowest BCUT2D eigenvalue weighted by molar-refractivity contribution is -0.142. The number of carbonyl (C=O) groups excluding carboxylic acids is 1. The highest BCUT2D eigenvalue weighted by Gasteiger charge is 2.24. The van der Waals surface area contributed by atoms with Crippen molar-refractivity contribution < 1.29 is 14.7 Å². The van der Waals surface area contributed by atoms with Gasteiger partial charge in [-0.2, -0.15) is 5.26 Å². The Labute approximate surface area is 145 Å². The molecule has 0 aliphatic rings. The first-order valence-corrected chi connectivity index (χ1v) is 7.81. The summed E-state index contributed by atoms with van der Waals surface area (Å²) in [6, 6.07) is 14.2. The zero-order chi connectivity index (χ0) is 18.4. The lowest BCUT2D eigenvalue weighted by Crippen LogP contribution is -2.44. The Bertz CT molecular complexity index is 866. The van der Waals surface area contributed by atoms with Crippen molar-refractivity contribution in [3.05, 3.63) is 54.2 Å². The van der Waals surface area contributed by atoms with Gasteiger partial charge in [-0.3, -0.25) is 4.79 Å². The van der Waals surface area contributed by atoms with Crippen molar-refractivity contribution in [2.24, 2.45) is 5.92 Å². The van der Waals surface area contributed by atoms with Crippen LogP contribution in [-0.2, 0) is 9.59 Å². The molecule has 0 fully saturated rings. The number of carboxylic acids is 1. The maximum absolute atomic E-state index is 12.1. The molecule has 0 aliphatic heterocycles. The van der Waals surface area contributed by atoms with E-state index in [1.54, 1.807) is 19.9 Å². The summed E-state index contributed by atoms with van der Waals surface area (Å²) < 4.78 is 0. The lowest BCUT2D eigenvalue weighted by Gasteiger charge is -2.17. The molecule has 6 heteroatoms. The van der Waals surface area contributed by atoms with Crippen LogP contribution in [0.15, 0.2) is 54.2 Å². The van der Waals surface area contributed by atoms with Crippen molar-refractivity contribution in [1.82, 2.24) is 5.32 Å². The lowest BCUT2D eigenvalue weighted by atomic mass is 10.0. The second kappa shape index (κ2) is 7.97. The fourth-order valence-corrected chi connectivity index (χ4v) is 2.32. The molecule has 0 radical (unpaired) electrons. The minimum Gasteiger partial charge on any atom is -0.480 e. The van der Waals surface area contributed by atoms with Crippen LogP contribution in [0.5, 0.6) is 0 Å². The molecule has 0 saturated carbocycles. The first-order chi connectivity index (χ1) is 11.9. The van der Waals surface area contributed by atoms with Gasteiger partial charge in [0.1, 0.15) is 17.7 Å². The van der Waals surface area contributed by atoms with Crippen LogP contribution >= 0.6 is 0 Å². The van der Waals surface area contributed by atoms with Gasteiger partial charge in [0.25, 0.3) is 5.91 Å². The number of benzene rings is 2. The standard InChI is InChI=1S/C19H19N3O3/c1-12(2)17(19(24)25)22-18(23)15(10-20)11-21-16-8-7-13-5-3-4-6-14(13)9-16/h3-9,11-12,17,21H,1-2H3,(H,22,23)(H,24,25)/b15-11-. The highest BCUT2D eigenvalue weighted by Crippen LogP contribution is 2.19. The van der Waals surface area contributed by atoms with Gasteiger partial charge in [-0.25, -0.2) is 4.79 Å². The number of aliphatic carboxylic acids is 1. The van der Waals surface area contributed by atoms with E-state index in [4.69, 9.17) is 10.4 Å². The third-order valence-electron chi connectivity index (χ3n) is 3.72. The number of hydrogen-bond donors (Lipinski definition) is 3. The Balaban J connectivity index is 2.14. The molecular weight excluding hydrogens is 318 g/mol. The van der Waals surface area contributed by atoms with E-state index in [1.165, 1.54) is 6.20 Å². The van der Waals surface area contributed by atoms with Gasteiger partial charge in [0.15, 0.2) is 0 Å². The summed E-state index contributed by atoms with van der Waals surface area (Å²) in [5.74, 6) is -2.16. The number of nitriles is 1. The maximum Gasteiger partial charge on any atom is 0.326 e. The van der Waals surface area contributed by atoms with Crippen LogP contribution in [0.3, 0.4) is 0 Å². The Morgan fingerprint density at radius 3 is 2.44 bits per heavy atom. The van der Waals surface area contributed by atoms with Crippen molar-refractivity contribution >= 4 is 28.3 Å². The van der Waals surface area contributed by atoms with Crippen molar-refractivity contribution in [1.29, 1.82) is 5.26 Å². The molecule has 128 valence electrons. The van der Waals surface area contributed by atoms with Crippen LogP contribution in [0.2, 0.25) is 0 Å². The number of amides is 1. The normalized spacial score (nSPS) is 12.5. The number of nitrogens with one attached hydrogen (secondary N) is 2. The highest BCUT2D eigenvalue weighted by molar-refractivity contribution is 5.99. The minimum absolute atomic E-state index is 0.194. The average Bonchev–Trinajstić information content (AvgIpc) is 2.59. The number of nitrogens with zero attached hydrogens (tertiary/aromatic N) is 1. The summed E-state index contributed by atoms with van der Waals surface area (Å²) in [5, 5.41) is 25.7. The van der Waals surface area contributed by atoms with E-state index in [1.807, 2.05) is 42.5 Å². The Morgan fingerprint density at radius 2 is 1.84 bits per heavy atom. The summed E-state index contributed by atoms with van der Waals surface area (Å²) in [4.78, 5) is 23.3. The monoisotopic (exact) mass is 337 g/mol. The summed E-state index contributed by atoms with van der Waals surface area (Å²) >= 11 is 0. The quantitative estimate of drug-likeness (QED) is 0.555. The predicted molar refractivity (Wildman–Crippen MR) is 95.7 cm³/mol. The molecule has 3 N–H and O–H groups in total. The molecule has 2 rings (SSSR count). The van der Waals surface area contributed by atoms with Gasteiger partial charge in [-0.1, -0.05) is 44.2 Å². The van der Waals surface area contributed by atoms with Gasteiger partial charge >= 0.3 is 5.97 Å². The number of anilines is 1. The van der Waals surface area contributed by atoms with Gasteiger partial charge in [0.05, 0.1) is 0 Å². The molecule has 1 atom stereocenters. The molecule has 2 aromatic carbocycles. The van der Waals surface area contributed by atoms with E-state index in [-0.39, 0.29) is 11.5 Å². The maximum atomic E-state index is 12.1. The highest BCUT2D eigenvalue weighted by atomic mass is 16.4. The zero-order valence-corrected chi connectivity index (χ0v) is 14.0. The van der Waals surface area contributed by atoms with Crippen molar-refractivity contribution in [2.75, 3.05) is 5.32 Å². The first kappa shape index (κ1) is 18.0. The fraction of sp³-hybridized carbons (Fsp3) is 0.211. The number of hydrogen-bond acceptors (Lipinski definition) is 4. The summed E-state index contributed by atoms with van der Waals surface area (Å²) in [5.41, 5.74) is 0.526. The van der Waals surface area contributed by atoms with Crippen molar-refractivity contribution in [3.8, 4) is 6.07 Å². The molecule has 0 heterocycles. The zero-order valence-electron chi connectivity index (χ0n) is 14.0. The molecule has 2 aromatic rings. The van der Waals surface area contributed by atoms with E-state index in [0.717, 1.165) is 16.5 Å². The molecule has 0 aromatic heterocycles. The molecule has 0 saturated heterocycles.